The van der Waals surface area contributed by atoms with Crippen LogP contribution < -0.4 is 15.8 Å². The fourth-order valence-corrected chi connectivity index (χ4v) is 5.23. The average Bonchev–Trinajstić information content (AvgIpc) is 2.78. The largest absolute Gasteiger partial charge is 0.488 e. The molecule has 0 aliphatic carbocycles. The average molecular weight is 460 g/mol. The third kappa shape index (κ3) is 6.08. The Morgan fingerprint density at radius 3 is 2.53 bits per heavy atom. The Morgan fingerprint density at radius 1 is 1.12 bits per heavy atom. The minimum absolute atomic E-state index is 0.0714. The summed E-state index contributed by atoms with van der Waals surface area (Å²) in [6.07, 6.45) is 1.76. The van der Waals surface area contributed by atoms with Crippen molar-refractivity contribution in [1.29, 1.82) is 0 Å². The van der Waals surface area contributed by atoms with Crippen molar-refractivity contribution in [3.8, 4) is 5.75 Å². The highest BCUT2D eigenvalue weighted by Crippen LogP contribution is 2.20. The predicted molar refractivity (Wildman–Crippen MR) is 122 cm³/mol. The number of sulfonamides is 1. The van der Waals surface area contributed by atoms with Crippen molar-refractivity contribution in [3.63, 3.8) is 0 Å². The molecule has 2 aromatic carbocycles. The molecule has 0 radical (unpaired) electrons. The molecular weight excluding hydrogens is 430 g/mol. The molecule has 2 aromatic rings. The monoisotopic (exact) mass is 459 g/mol. The zero-order valence-corrected chi connectivity index (χ0v) is 18.9. The highest BCUT2D eigenvalue weighted by atomic mass is 32.2. The number of piperidine rings is 1. The summed E-state index contributed by atoms with van der Waals surface area (Å²) in [6, 6.07) is 13.7. The number of amides is 2. The van der Waals surface area contributed by atoms with Gasteiger partial charge in [0.1, 0.15) is 12.4 Å². The lowest BCUT2D eigenvalue weighted by atomic mass is 10.1. The molecule has 0 atom stereocenters. The first kappa shape index (κ1) is 23.7. The molecule has 1 fully saturated rings. The van der Waals surface area contributed by atoms with E-state index >= 15 is 0 Å². The van der Waals surface area contributed by atoms with Gasteiger partial charge in [0, 0.05) is 24.7 Å². The SMILES string of the molecule is CCCS(=O)(=O)N1CCC(NC(=O)c2cccc(COc3ccccc3C(N)=O)c2)CC1. The lowest BCUT2D eigenvalue weighted by Crippen LogP contribution is -2.47. The summed E-state index contributed by atoms with van der Waals surface area (Å²) in [4.78, 5) is 24.2. The van der Waals surface area contributed by atoms with Gasteiger partial charge in [-0.1, -0.05) is 31.2 Å². The van der Waals surface area contributed by atoms with Crippen LogP contribution >= 0.6 is 0 Å². The molecule has 1 heterocycles. The highest BCUT2D eigenvalue weighted by molar-refractivity contribution is 7.89. The van der Waals surface area contributed by atoms with Gasteiger partial charge in [0.15, 0.2) is 0 Å². The number of carbonyl (C=O) groups excluding carboxylic acids is 2. The standard InChI is InChI=1S/C23H29N3O5S/c1-2-14-32(29,30)26-12-10-19(11-13-26)25-23(28)18-7-5-6-17(15-18)16-31-21-9-4-3-8-20(21)22(24)27/h3-9,15,19H,2,10-14,16H2,1H3,(H2,24,27)(H,25,28). The maximum absolute atomic E-state index is 12.7. The molecule has 3 rings (SSSR count). The number of carbonyl (C=O) groups is 2. The molecule has 32 heavy (non-hydrogen) atoms. The first-order valence-corrected chi connectivity index (χ1v) is 12.3. The molecule has 8 nitrogen and oxygen atoms in total. The molecule has 2 amide bonds. The summed E-state index contributed by atoms with van der Waals surface area (Å²) >= 11 is 0. The van der Waals surface area contributed by atoms with Crippen LogP contribution in [0.15, 0.2) is 48.5 Å². The van der Waals surface area contributed by atoms with Crippen molar-refractivity contribution in [2.45, 2.75) is 38.8 Å². The molecule has 1 aliphatic heterocycles. The van der Waals surface area contributed by atoms with Gasteiger partial charge in [-0.3, -0.25) is 9.59 Å². The summed E-state index contributed by atoms with van der Waals surface area (Å²) in [5, 5.41) is 3.00. The number of rotatable bonds is 9. The Balaban J connectivity index is 1.56. The number of nitrogens with one attached hydrogen (secondary N) is 1. The normalized spacial score (nSPS) is 15.3. The molecule has 0 saturated carbocycles. The summed E-state index contributed by atoms with van der Waals surface area (Å²) in [5.74, 6) is -0.232. The predicted octanol–water partition coefficient (Wildman–Crippen LogP) is 2.30. The van der Waals surface area contributed by atoms with Crippen LogP contribution in [0.1, 0.15) is 52.5 Å². The molecule has 0 aromatic heterocycles. The number of benzene rings is 2. The van der Waals surface area contributed by atoms with Crippen LogP contribution in [0, 0.1) is 0 Å². The molecule has 0 unspecified atom stereocenters. The summed E-state index contributed by atoms with van der Waals surface area (Å²) in [5.41, 5.74) is 6.95. The van der Waals surface area contributed by atoms with Gasteiger partial charge in [0.25, 0.3) is 11.8 Å². The Morgan fingerprint density at radius 2 is 1.84 bits per heavy atom. The fraction of sp³-hybridized carbons (Fsp3) is 0.391. The van der Waals surface area contributed by atoms with E-state index in [9.17, 15) is 18.0 Å². The Kier molecular flexibility index (Phi) is 7.87. The summed E-state index contributed by atoms with van der Waals surface area (Å²) in [6.45, 7) is 2.86. The number of hydrogen-bond donors (Lipinski definition) is 2. The number of nitrogens with two attached hydrogens (primary N) is 1. The third-order valence-corrected chi connectivity index (χ3v) is 7.46. The number of para-hydroxylation sites is 1. The Bertz CT molecular complexity index is 1060. The van der Waals surface area contributed by atoms with E-state index in [1.807, 2.05) is 13.0 Å². The van der Waals surface area contributed by atoms with Gasteiger partial charge in [-0.25, -0.2) is 12.7 Å². The smallest absolute Gasteiger partial charge is 0.252 e. The second-order valence-corrected chi connectivity index (χ2v) is 9.90. The first-order chi connectivity index (χ1) is 15.3. The van der Waals surface area contributed by atoms with Crippen molar-refractivity contribution in [1.82, 2.24) is 9.62 Å². The number of nitrogens with zero attached hydrogens (tertiary/aromatic N) is 1. The maximum atomic E-state index is 12.7. The fourth-order valence-electron chi connectivity index (χ4n) is 3.69. The van der Waals surface area contributed by atoms with Crippen LogP contribution in [0.5, 0.6) is 5.75 Å². The lowest BCUT2D eigenvalue weighted by molar-refractivity contribution is 0.0923. The van der Waals surface area contributed by atoms with Crippen molar-refractivity contribution >= 4 is 21.8 Å². The molecule has 0 spiro atoms. The Labute approximate surface area is 188 Å². The molecule has 1 aliphatic rings. The van der Waals surface area contributed by atoms with E-state index < -0.39 is 15.9 Å². The topological polar surface area (TPSA) is 119 Å². The highest BCUT2D eigenvalue weighted by Gasteiger charge is 2.28. The second kappa shape index (κ2) is 10.6. The van der Waals surface area contributed by atoms with Gasteiger partial charge >= 0.3 is 0 Å². The van der Waals surface area contributed by atoms with Crippen LogP contribution in [0.25, 0.3) is 0 Å². The summed E-state index contributed by atoms with van der Waals surface area (Å²) in [7, 11) is -3.20. The number of ether oxygens (including phenoxy) is 1. The zero-order chi connectivity index (χ0) is 23.1. The van der Waals surface area contributed by atoms with E-state index in [-0.39, 0.29) is 24.3 Å². The van der Waals surface area contributed by atoms with Gasteiger partial charge in [0.2, 0.25) is 10.0 Å². The summed E-state index contributed by atoms with van der Waals surface area (Å²) < 4.78 is 31.6. The van der Waals surface area contributed by atoms with Crippen LogP contribution in [0.4, 0.5) is 0 Å². The van der Waals surface area contributed by atoms with E-state index in [1.165, 1.54) is 4.31 Å². The van der Waals surface area contributed by atoms with Crippen LogP contribution in [0.3, 0.4) is 0 Å². The van der Waals surface area contributed by atoms with Gasteiger partial charge in [0.05, 0.1) is 11.3 Å². The van der Waals surface area contributed by atoms with Gasteiger partial charge in [-0.15, -0.1) is 0 Å². The van der Waals surface area contributed by atoms with E-state index in [4.69, 9.17) is 10.5 Å². The maximum Gasteiger partial charge on any atom is 0.252 e. The Hall–Kier alpha value is -2.91. The molecule has 172 valence electrons. The van der Waals surface area contributed by atoms with Gasteiger partial charge in [-0.2, -0.15) is 0 Å². The minimum Gasteiger partial charge on any atom is -0.488 e. The molecule has 9 heteroatoms. The second-order valence-electron chi connectivity index (χ2n) is 7.81. The van der Waals surface area contributed by atoms with E-state index in [0.717, 1.165) is 5.56 Å². The molecule has 3 N–H and O–H groups in total. The van der Waals surface area contributed by atoms with Crippen molar-refractivity contribution in [2.24, 2.45) is 5.73 Å². The van der Waals surface area contributed by atoms with Gasteiger partial charge in [-0.05, 0) is 49.1 Å². The molecule has 0 bridgehead atoms. The van der Waals surface area contributed by atoms with E-state index in [0.29, 0.717) is 49.2 Å². The third-order valence-electron chi connectivity index (χ3n) is 5.38. The van der Waals surface area contributed by atoms with E-state index in [1.54, 1.807) is 42.5 Å². The van der Waals surface area contributed by atoms with E-state index in [2.05, 4.69) is 5.32 Å². The van der Waals surface area contributed by atoms with Crippen molar-refractivity contribution in [3.05, 3.63) is 65.2 Å². The number of primary amides is 1. The van der Waals surface area contributed by atoms with Gasteiger partial charge < -0.3 is 15.8 Å². The number of hydrogen-bond acceptors (Lipinski definition) is 5. The lowest BCUT2D eigenvalue weighted by Gasteiger charge is -2.31. The van der Waals surface area contributed by atoms with Crippen molar-refractivity contribution in [2.75, 3.05) is 18.8 Å². The minimum atomic E-state index is -3.20. The zero-order valence-electron chi connectivity index (χ0n) is 18.1. The van der Waals surface area contributed by atoms with Crippen LogP contribution in [-0.4, -0.2) is 49.4 Å². The van der Waals surface area contributed by atoms with Crippen molar-refractivity contribution < 1.29 is 22.7 Å². The van der Waals surface area contributed by atoms with Crippen LogP contribution in [0.2, 0.25) is 0 Å². The molecule has 1 saturated heterocycles. The van der Waals surface area contributed by atoms with Crippen LogP contribution in [-0.2, 0) is 16.6 Å². The first-order valence-electron chi connectivity index (χ1n) is 10.7. The molecular formula is C23H29N3O5S. The quantitative estimate of drug-likeness (QED) is 0.596.